The molecule has 1 aliphatic rings. The van der Waals surface area contributed by atoms with E-state index in [0.29, 0.717) is 0 Å². The third-order valence-electron chi connectivity index (χ3n) is 3.13. The van der Waals surface area contributed by atoms with Gasteiger partial charge in [-0.15, -0.1) is 0 Å². The number of aliphatic hydroxyl groups is 2. The smallest absolute Gasteiger partial charge is 0.226 e. The van der Waals surface area contributed by atoms with Crippen LogP contribution in [0.5, 0.6) is 0 Å². The standard InChI is InChI=1S/C10H11ClFN5O3/c11-10-15-7(13)5-8(16-10)17(2-14-5)9-4(12)6(19)3(18)1-20-9/h2-4,6,9,18-19H,1H2,(H2,13,15,16)/t3-,4+,6-,9?/m0/s1. The van der Waals surface area contributed by atoms with Gasteiger partial charge >= 0.3 is 0 Å². The Labute approximate surface area is 117 Å². The van der Waals surface area contributed by atoms with Crippen LogP contribution in [0.3, 0.4) is 0 Å². The molecular formula is C10H11ClFN5O3. The second kappa shape index (κ2) is 4.77. The fourth-order valence-electron chi connectivity index (χ4n) is 2.10. The van der Waals surface area contributed by atoms with Crippen LogP contribution in [0, 0.1) is 0 Å². The van der Waals surface area contributed by atoms with Crippen LogP contribution in [0.2, 0.25) is 5.28 Å². The lowest BCUT2D eigenvalue weighted by molar-refractivity contribution is -0.187. The van der Waals surface area contributed by atoms with Crippen molar-refractivity contribution < 1.29 is 19.3 Å². The Hall–Kier alpha value is -1.55. The lowest BCUT2D eigenvalue weighted by Gasteiger charge is -2.34. The molecule has 20 heavy (non-hydrogen) atoms. The molecule has 2 aromatic rings. The van der Waals surface area contributed by atoms with Gasteiger partial charge in [-0.3, -0.25) is 4.57 Å². The number of nitrogen functional groups attached to an aromatic ring is 1. The van der Waals surface area contributed by atoms with Crippen molar-refractivity contribution >= 4 is 28.6 Å². The highest BCUT2D eigenvalue weighted by atomic mass is 35.5. The van der Waals surface area contributed by atoms with E-state index in [1.165, 1.54) is 10.9 Å². The van der Waals surface area contributed by atoms with Crippen LogP contribution in [0.4, 0.5) is 10.2 Å². The minimum absolute atomic E-state index is 0.0607. The Morgan fingerprint density at radius 2 is 2.20 bits per heavy atom. The van der Waals surface area contributed by atoms with Crippen molar-refractivity contribution in [1.29, 1.82) is 0 Å². The summed E-state index contributed by atoms with van der Waals surface area (Å²) in [5, 5.41) is 18.8. The average molecular weight is 304 g/mol. The zero-order chi connectivity index (χ0) is 14.4. The van der Waals surface area contributed by atoms with Gasteiger partial charge in [0.1, 0.15) is 17.7 Å². The SMILES string of the molecule is Nc1nc(Cl)nc2c1ncn2C1OC[C@H](O)[C@H](O)[C@H]1F. The van der Waals surface area contributed by atoms with Crippen molar-refractivity contribution in [2.75, 3.05) is 12.3 Å². The minimum Gasteiger partial charge on any atom is -0.388 e. The second-order valence-electron chi connectivity index (χ2n) is 4.43. The summed E-state index contributed by atoms with van der Waals surface area (Å²) in [6.07, 6.45) is -4.58. The molecule has 4 atom stereocenters. The third-order valence-corrected chi connectivity index (χ3v) is 3.29. The number of anilines is 1. The number of alkyl halides is 1. The Bertz CT molecular complexity index is 653. The predicted octanol–water partition coefficient (Wildman–Crippen LogP) is -0.349. The Kier molecular flexibility index (Phi) is 3.21. The molecule has 0 amide bonds. The first kappa shape index (κ1) is 13.4. The zero-order valence-electron chi connectivity index (χ0n) is 10.0. The number of hydrogen-bond acceptors (Lipinski definition) is 7. The molecule has 4 N–H and O–H groups in total. The van der Waals surface area contributed by atoms with Gasteiger partial charge < -0.3 is 20.7 Å². The molecule has 1 saturated heterocycles. The van der Waals surface area contributed by atoms with Crippen molar-refractivity contribution in [1.82, 2.24) is 19.5 Å². The molecule has 0 radical (unpaired) electrons. The number of ether oxygens (including phenoxy) is 1. The summed E-state index contributed by atoms with van der Waals surface area (Å²) in [4.78, 5) is 11.6. The number of halogens is 2. The van der Waals surface area contributed by atoms with E-state index in [2.05, 4.69) is 15.0 Å². The maximum atomic E-state index is 14.1. The summed E-state index contributed by atoms with van der Waals surface area (Å²) in [6, 6.07) is 0. The molecule has 1 aliphatic heterocycles. The Morgan fingerprint density at radius 1 is 1.45 bits per heavy atom. The van der Waals surface area contributed by atoms with Gasteiger partial charge in [-0.1, -0.05) is 0 Å². The summed E-state index contributed by atoms with van der Waals surface area (Å²) >= 11 is 5.71. The van der Waals surface area contributed by atoms with Gasteiger partial charge in [0.2, 0.25) is 5.28 Å². The van der Waals surface area contributed by atoms with Crippen molar-refractivity contribution in [2.24, 2.45) is 0 Å². The van der Waals surface area contributed by atoms with E-state index >= 15 is 0 Å². The second-order valence-corrected chi connectivity index (χ2v) is 4.77. The van der Waals surface area contributed by atoms with Crippen molar-refractivity contribution in [3.05, 3.63) is 11.6 Å². The third kappa shape index (κ3) is 1.99. The molecule has 0 bridgehead atoms. The summed E-state index contributed by atoms with van der Waals surface area (Å²) < 4.78 is 20.6. The lowest BCUT2D eigenvalue weighted by atomic mass is 10.1. The Morgan fingerprint density at radius 3 is 2.95 bits per heavy atom. The van der Waals surface area contributed by atoms with E-state index in [9.17, 15) is 14.6 Å². The quantitative estimate of drug-likeness (QED) is 0.616. The molecule has 0 saturated carbocycles. The summed E-state index contributed by atoms with van der Waals surface area (Å²) in [7, 11) is 0. The van der Waals surface area contributed by atoms with Crippen molar-refractivity contribution in [2.45, 2.75) is 24.6 Å². The first-order valence-corrected chi connectivity index (χ1v) is 6.14. The number of rotatable bonds is 1. The van der Waals surface area contributed by atoms with Gasteiger partial charge in [-0.05, 0) is 11.6 Å². The van der Waals surface area contributed by atoms with Gasteiger partial charge in [0.25, 0.3) is 0 Å². The number of aliphatic hydroxyl groups excluding tert-OH is 2. The highest BCUT2D eigenvalue weighted by Gasteiger charge is 2.40. The molecule has 0 aromatic carbocycles. The average Bonchev–Trinajstić information content (AvgIpc) is 2.80. The largest absolute Gasteiger partial charge is 0.388 e. The van der Waals surface area contributed by atoms with Crippen LogP contribution in [-0.2, 0) is 4.74 Å². The molecule has 3 heterocycles. The summed E-state index contributed by atoms with van der Waals surface area (Å²) in [5.41, 5.74) is 6.10. The minimum atomic E-state index is -1.84. The van der Waals surface area contributed by atoms with E-state index in [1.54, 1.807) is 0 Å². The normalized spacial score (nSPS) is 30.8. The molecule has 8 nitrogen and oxygen atoms in total. The van der Waals surface area contributed by atoms with Crippen LogP contribution in [0.15, 0.2) is 6.33 Å². The van der Waals surface area contributed by atoms with Crippen molar-refractivity contribution in [3.63, 3.8) is 0 Å². The van der Waals surface area contributed by atoms with E-state index in [0.717, 1.165) is 0 Å². The van der Waals surface area contributed by atoms with Gasteiger partial charge in [-0.25, -0.2) is 9.37 Å². The molecule has 3 rings (SSSR count). The first-order chi connectivity index (χ1) is 9.49. The predicted molar refractivity (Wildman–Crippen MR) is 66.6 cm³/mol. The van der Waals surface area contributed by atoms with Gasteiger partial charge in [0.05, 0.1) is 12.9 Å². The summed E-state index contributed by atoms with van der Waals surface area (Å²) in [5.74, 6) is 0.0607. The Balaban J connectivity index is 2.06. The maximum Gasteiger partial charge on any atom is 0.226 e. The highest BCUT2D eigenvalue weighted by Crippen LogP contribution is 2.30. The van der Waals surface area contributed by atoms with Crippen LogP contribution in [0.1, 0.15) is 6.23 Å². The van der Waals surface area contributed by atoms with E-state index < -0.39 is 24.6 Å². The van der Waals surface area contributed by atoms with Crippen LogP contribution in [0.25, 0.3) is 11.2 Å². The van der Waals surface area contributed by atoms with Gasteiger partial charge in [0, 0.05) is 0 Å². The summed E-state index contributed by atoms with van der Waals surface area (Å²) in [6.45, 7) is -0.208. The van der Waals surface area contributed by atoms with E-state index in [4.69, 9.17) is 22.1 Å². The van der Waals surface area contributed by atoms with Crippen LogP contribution in [-0.4, -0.2) is 54.7 Å². The maximum absolute atomic E-state index is 14.1. The first-order valence-electron chi connectivity index (χ1n) is 5.76. The fraction of sp³-hybridized carbons (Fsp3) is 0.500. The topological polar surface area (TPSA) is 119 Å². The molecule has 1 unspecified atom stereocenters. The van der Waals surface area contributed by atoms with Gasteiger partial charge in [0.15, 0.2) is 23.9 Å². The van der Waals surface area contributed by atoms with Crippen molar-refractivity contribution in [3.8, 4) is 0 Å². The molecule has 0 aliphatic carbocycles. The van der Waals surface area contributed by atoms with Crippen LogP contribution >= 0.6 is 11.6 Å². The molecule has 10 heteroatoms. The zero-order valence-corrected chi connectivity index (χ0v) is 10.8. The van der Waals surface area contributed by atoms with E-state index in [-0.39, 0.29) is 28.9 Å². The molecule has 2 aromatic heterocycles. The molecule has 108 valence electrons. The lowest BCUT2D eigenvalue weighted by Crippen LogP contribution is -2.48. The number of aromatic nitrogens is 4. The monoisotopic (exact) mass is 303 g/mol. The van der Waals surface area contributed by atoms with E-state index in [1.807, 2.05) is 0 Å². The number of nitrogens with zero attached hydrogens (tertiary/aromatic N) is 4. The number of nitrogens with two attached hydrogens (primary N) is 1. The number of fused-ring (bicyclic) bond motifs is 1. The fourth-order valence-corrected chi connectivity index (χ4v) is 2.27. The van der Waals surface area contributed by atoms with Gasteiger partial charge in [-0.2, -0.15) is 9.97 Å². The molecular weight excluding hydrogens is 293 g/mol. The molecule has 0 spiro atoms. The molecule has 1 fully saturated rings. The van der Waals surface area contributed by atoms with Crippen LogP contribution < -0.4 is 5.73 Å². The number of imidazole rings is 1. The highest BCUT2D eigenvalue weighted by molar-refractivity contribution is 6.28. The number of hydrogen-bond donors (Lipinski definition) is 3.